The molecule has 0 bridgehead atoms. The summed E-state index contributed by atoms with van der Waals surface area (Å²) in [7, 11) is 1.59. The van der Waals surface area contributed by atoms with Crippen molar-refractivity contribution < 1.29 is 19.1 Å². The number of hydrogen-bond donors (Lipinski definition) is 1. The lowest BCUT2D eigenvalue weighted by Gasteiger charge is -2.19. The average molecular weight is 279 g/mol. The minimum Gasteiger partial charge on any atom is -0.497 e. The smallest absolute Gasteiger partial charge is 0.408 e. The second kappa shape index (κ2) is 7.53. The Morgan fingerprint density at radius 2 is 1.80 bits per heavy atom. The number of ether oxygens (including phenoxy) is 2. The van der Waals surface area contributed by atoms with Gasteiger partial charge in [0.05, 0.1) is 13.2 Å². The first-order chi connectivity index (χ1) is 9.43. The summed E-state index contributed by atoms with van der Waals surface area (Å²) in [5, 5.41) is 2.57. The van der Waals surface area contributed by atoms with Crippen molar-refractivity contribution in [1.82, 2.24) is 5.32 Å². The van der Waals surface area contributed by atoms with Crippen LogP contribution < -0.4 is 10.1 Å². The van der Waals surface area contributed by atoms with Gasteiger partial charge < -0.3 is 14.8 Å². The van der Waals surface area contributed by atoms with Crippen LogP contribution in [0.4, 0.5) is 4.79 Å². The summed E-state index contributed by atoms with van der Waals surface area (Å²) >= 11 is 0. The van der Waals surface area contributed by atoms with E-state index in [0.29, 0.717) is 0 Å². The Morgan fingerprint density at radius 1 is 1.20 bits per heavy atom. The van der Waals surface area contributed by atoms with Crippen LogP contribution in [0.1, 0.15) is 26.3 Å². The van der Waals surface area contributed by atoms with E-state index in [4.69, 9.17) is 9.47 Å². The number of amides is 1. The molecule has 0 heterocycles. The van der Waals surface area contributed by atoms with Crippen LogP contribution in [0.3, 0.4) is 0 Å². The number of nitrogens with one attached hydrogen (secondary N) is 1. The van der Waals surface area contributed by atoms with Crippen molar-refractivity contribution in [2.24, 2.45) is 5.92 Å². The zero-order valence-corrected chi connectivity index (χ0v) is 12.3. The molecule has 0 aliphatic heterocycles. The number of Topliss-reactive ketones (excluding diaryl/α,β-unsaturated/α-hetero) is 1. The molecule has 5 heteroatoms. The van der Waals surface area contributed by atoms with Gasteiger partial charge >= 0.3 is 6.09 Å². The Hall–Kier alpha value is -2.04. The summed E-state index contributed by atoms with van der Waals surface area (Å²) in [4.78, 5) is 23.0. The molecule has 0 aromatic heterocycles. The van der Waals surface area contributed by atoms with Gasteiger partial charge in [-0.3, -0.25) is 4.79 Å². The van der Waals surface area contributed by atoms with Crippen LogP contribution in [-0.2, 0) is 16.1 Å². The van der Waals surface area contributed by atoms with Crippen molar-refractivity contribution in [3.05, 3.63) is 29.8 Å². The number of ketones is 1. The van der Waals surface area contributed by atoms with Crippen molar-refractivity contribution in [3.63, 3.8) is 0 Å². The molecule has 0 aliphatic rings. The van der Waals surface area contributed by atoms with Gasteiger partial charge in [-0.05, 0) is 30.5 Å². The molecule has 0 spiro atoms. The highest BCUT2D eigenvalue weighted by Crippen LogP contribution is 2.12. The molecule has 1 unspecified atom stereocenters. The van der Waals surface area contributed by atoms with E-state index in [1.165, 1.54) is 6.92 Å². The van der Waals surface area contributed by atoms with Gasteiger partial charge in [0, 0.05) is 0 Å². The maximum atomic E-state index is 11.6. The van der Waals surface area contributed by atoms with Gasteiger partial charge in [0.15, 0.2) is 5.78 Å². The third-order valence-electron chi connectivity index (χ3n) is 2.91. The zero-order chi connectivity index (χ0) is 15.1. The number of benzene rings is 1. The standard InChI is InChI=1S/C15H21NO4/c1-10(2)14(11(3)17)16-15(18)20-9-12-5-7-13(19-4)8-6-12/h5-8,10,14H,9H2,1-4H3,(H,16,18). The Morgan fingerprint density at radius 3 is 2.25 bits per heavy atom. The lowest BCUT2D eigenvalue weighted by atomic mass is 10.0. The molecule has 1 rings (SSSR count). The first-order valence-corrected chi connectivity index (χ1v) is 6.50. The Labute approximate surface area is 119 Å². The number of carbonyl (C=O) groups is 2. The summed E-state index contributed by atoms with van der Waals surface area (Å²) in [5.74, 6) is 0.692. The highest BCUT2D eigenvalue weighted by molar-refractivity contribution is 5.85. The Balaban J connectivity index is 2.47. The van der Waals surface area contributed by atoms with Crippen molar-refractivity contribution in [2.45, 2.75) is 33.4 Å². The van der Waals surface area contributed by atoms with Crippen LogP contribution in [-0.4, -0.2) is 25.0 Å². The van der Waals surface area contributed by atoms with Crippen LogP contribution in [0.25, 0.3) is 0 Å². The predicted molar refractivity (Wildman–Crippen MR) is 75.6 cm³/mol. The summed E-state index contributed by atoms with van der Waals surface area (Å²) in [5.41, 5.74) is 0.852. The van der Waals surface area contributed by atoms with Gasteiger partial charge in [0.2, 0.25) is 0 Å². The Bertz CT molecular complexity index is 453. The number of hydrogen-bond acceptors (Lipinski definition) is 4. The van der Waals surface area contributed by atoms with Gasteiger partial charge in [-0.25, -0.2) is 4.79 Å². The van der Waals surface area contributed by atoms with Crippen LogP contribution in [0.5, 0.6) is 5.75 Å². The molecule has 1 amide bonds. The summed E-state index contributed by atoms with van der Waals surface area (Å²) in [6.45, 7) is 5.35. The fourth-order valence-corrected chi connectivity index (χ4v) is 1.78. The predicted octanol–water partition coefficient (Wildman–Crippen LogP) is 2.54. The van der Waals surface area contributed by atoms with E-state index in [1.807, 2.05) is 26.0 Å². The quantitative estimate of drug-likeness (QED) is 0.869. The van der Waals surface area contributed by atoms with E-state index in [9.17, 15) is 9.59 Å². The summed E-state index contributed by atoms with van der Waals surface area (Å²) in [6, 6.07) is 6.71. The van der Waals surface area contributed by atoms with Gasteiger partial charge in [0.25, 0.3) is 0 Å². The molecule has 0 saturated heterocycles. The number of rotatable bonds is 6. The second-order valence-electron chi connectivity index (χ2n) is 4.90. The molecule has 1 aromatic rings. The van der Waals surface area contributed by atoms with Crippen LogP contribution in [0.15, 0.2) is 24.3 Å². The molecule has 0 radical (unpaired) electrons. The third kappa shape index (κ3) is 4.91. The van der Waals surface area contributed by atoms with Gasteiger partial charge in [-0.15, -0.1) is 0 Å². The average Bonchev–Trinajstić information content (AvgIpc) is 2.42. The molecule has 0 aliphatic carbocycles. The van der Waals surface area contributed by atoms with Crippen molar-refractivity contribution in [1.29, 1.82) is 0 Å². The molecule has 0 saturated carbocycles. The molecule has 1 N–H and O–H groups in total. The number of methoxy groups -OCH3 is 1. The SMILES string of the molecule is COc1ccc(COC(=O)NC(C(C)=O)C(C)C)cc1. The maximum absolute atomic E-state index is 11.6. The molecule has 0 fully saturated rings. The van der Waals surface area contributed by atoms with Gasteiger partial charge in [-0.2, -0.15) is 0 Å². The van der Waals surface area contributed by atoms with E-state index >= 15 is 0 Å². The van der Waals surface area contributed by atoms with Crippen molar-refractivity contribution in [3.8, 4) is 5.75 Å². The van der Waals surface area contributed by atoms with Crippen LogP contribution in [0.2, 0.25) is 0 Å². The highest BCUT2D eigenvalue weighted by atomic mass is 16.5. The van der Waals surface area contributed by atoms with Crippen LogP contribution >= 0.6 is 0 Å². The van der Waals surface area contributed by atoms with E-state index in [2.05, 4.69) is 5.32 Å². The lowest BCUT2D eigenvalue weighted by Crippen LogP contribution is -2.43. The normalized spacial score (nSPS) is 11.8. The fourth-order valence-electron chi connectivity index (χ4n) is 1.78. The number of alkyl carbamates (subject to hydrolysis) is 1. The van der Waals surface area contributed by atoms with E-state index in [0.717, 1.165) is 11.3 Å². The molecule has 5 nitrogen and oxygen atoms in total. The molecular formula is C15H21NO4. The molecule has 1 aromatic carbocycles. The molecule has 1 atom stereocenters. The maximum Gasteiger partial charge on any atom is 0.408 e. The zero-order valence-electron chi connectivity index (χ0n) is 12.3. The topological polar surface area (TPSA) is 64.6 Å². The Kier molecular flexibility index (Phi) is 6.03. The number of carbonyl (C=O) groups excluding carboxylic acids is 2. The van der Waals surface area contributed by atoms with Crippen molar-refractivity contribution >= 4 is 11.9 Å². The van der Waals surface area contributed by atoms with Crippen molar-refractivity contribution in [2.75, 3.05) is 7.11 Å². The summed E-state index contributed by atoms with van der Waals surface area (Å²) in [6.07, 6.45) is -0.588. The minimum absolute atomic E-state index is 0.0287. The first-order valence-electron chi connectivity index (χ1n) is 6.50. The highest BCUT2D eigenvalue weighted by Gasteiger charge is 2.21. The molecule has 110 valence electrons. The fraction of sp³-hybridized carbons (Fsp3) is 0.467. The van der Waals surface area contributed by atoms with Gasteiger partial charge in [-0.1, -0.05) is 26.0 Å². The minimum atomic E-state index is -0.588. The lowest BCUT2D eigenvalue weighted by molar-refractivity contribution is -0.119. The monoisotopic (exact) mass is 279 g/mol. The van der Waals surface area contributed by atoms with Gasteiger partial charge in [0.1, 0.15) is 12.4 Å². The molecular weight excluding hydrogens is 258 g/mol. The third-order valence-corrected chi connectivity index (χ3v) is 2.91. The van der Waals surface area contributed by atoms with E-state index in [-0.39, 0.29) is 18.3 Å². The van der Waals surface area contributed by atoms with E-state index in [1.54, 1.807) is 19.2 Å². The summed E-state index contributed by atoms with van der Waals surface area (Å²) < 4.78 is 10.1. The van der Waals surface area contributed by atoms with E-state index < -0.39 is 12.1 Å². The molecule has 20 heavy (non-hydrogen) atoms. The first kappa shape index (κ1) is 16.0. The van der Waals surface area contributed by atoms with Crippen LogP contribution in [0, 0.1) is 5.92 Å². The largest absolute Gasteiger partial charge is 0.497 e. The second-order valence-corrected chi connectivity index (χ2v) is 4.90.